The van der Waals surface area contributed by atoms with Crippen molar-refractivity contribution in [1.82, 2.24) is 0 Å². The third-order valence-electron chi connectivity index (χ3n) is 2.91. The van der Waals surface area contributed by atoms with Crippen molar-refractivity contribution in [3.05, 3.63) is 54.1 Å². The van der Waals surface area contributed by atoms with Gasteiger partial charge in [-0.1, -0.05) is 18.2 Å². The Balaban J connectivity index is 1.94. The number of anilines is 2. The highest BCUT2D eigenvalue weighted by Gasteiger charge is 1.99. The lowest BCUT2D eigenvalue weighted by molar-refractivity contribution is -0.114. The van der Waals surface area contributed by atoms with Gasteiger partial charge in [0.15, 0.2) is 0 Å². The van der Waals surface area contributed by atoms with Gasteiger partial charge in [0.05, 0.1) is 6.61 Å². The van der Waals surface area contributed by atoms with Crippen molar-refractivity contribution in [2.24, 2.45) is 0 Å². The molecular weight excluding hydrogens is 264 g/mol. The van der Waals surface area contributed by atoms with Gasteiger partial charge in [0.25, 0.3) is 0 Å². The van der Waals surface area contributed by atoms with E-state index in [1.165, 1.54) is 12.5 Å². The van der Waals surface area contributed by atoms with Crippen LogP contribution in [0.25, 0.3) is 0 Å². The molecule has 0 aliphatic rings. The molecule has 0 heterocycles. The normalized spacial score (nSPS) is 10.0. The Kier molecular flexibility index (Phi) is 5.21. The maximum Gasteiger partial charge on any atom is 0.221 e. The number of benzene rings is 2. The monoisotopic (exact) mass is 284 g/mol. The number of nitrogens with one attached hydrogen (secondary N) is 2. The van der Waals surface area contributed by atoms with Crippen LogP contribution in [-0.2, 0) is 11.3 Å². The lowest BCUT2D eigenvalue weighted by atomic mass is 10.2. The minimum Gasteiger partial charge on any atom is -0.494 e. The van der Waals surface area contributed by atoms with Gasteiger partial charge in [-0.25, -0.2) is 0 Å². The number of carbonyl (C=O) groups is 1. The van der Waals surface area contributed by atoms with Crippen LogP contribution in [0.2, 0.25) is 0 Å². The molecular formula is C17H20N2O2. The molecule has 0 saturated heterocycles. The van der Waals surface area contributed by atoms with Crippen LogP contribution in [0.4, 0.5) is 11.4 Å². The number of amides is 1. The summed E-state index contributed by atoms with van der Waals surface area (Å²) in [5, 5.41) is 6.10. The topological polar surface area (TPSA) is 50.4 Å². The number of rotatable bonds is 6. The molecule has 0 bridgehead atoms. The van der Waals surface area contributed by atoms with Gasteiger partial charge in [-0.15, -0.1) is 0 Å². The molecule has 2 aromatic carbocycles. The highest BCUT2D eigenvalue weighted by molar-refractivity contribution is 5.89. The first-order chi connectivity index (χ1) is 10.2. The van der Waals surface area contributed by atoms with E-state index in [1.54, 1.807) is 0 Å². The fourth-order valence-corrected chi connectivity index (χ4v) is 1.98. The number of carbonyl (C=O) groups excluding carboxylic acids is 1. The van der Waals surface area contributed by atoms with Crippen molar-refractivity contribution in [2.45, 2.75) is 20.4 Å². The summed E-state index contributed by atoms with van der Waals surface area (Å²) in [6.45, 7) is 4.86. The Labute approximate surface area is 125 Å². The summed E-state index contributed by atoms with van der Waals surface area (Å²) >= 11 is 0. The number of ether oxygens (including phenoxy) is 1. The van der Waals surface area contributed by atoms with Gasteiger partial charge in [-0.2, -0.15) is 0 Å². The third-order valence-corrected chi connectivity index (χ3v) is 2.91. The van der Waals surface area contributed by atoms with Gasteiger partial charge in [-0.3, -0.25) is 4.79 Å². The maximum atomic E-state index is 11.0. The smallest absolute Gasteiger partial charge is 0.221 e. The second-order valence-electron chi connectivity index (χ2n) is 4.69. The fourth-order valence-electron chi connectivity index (χ4n) is 1.98. The lowest BCUT2D eigenvalue weighted by Crippen LogP contribution is -2.06. The fraction of sp³-hybridized carbons (Fsp3) is 0.235. The molecule has 4 heteroatoms. The summed E-state index contributed by atoms with van der Waals surface area (Å²) < 4.78 is 5.42. The van der Waals surface area contributed by atoms with Crippen molar-refractivity contribution < 1.29 is 9.53 Å². The molecule has 0 saturated carbocycles. The zero-order valence-electron chi connectivity index (χ0n) is 12.3. The molecule has 0 unspecified atom stereocenters. The van der Waals surface area contributed by atoms with Gasteiger partial charge < -0.3 is 15.4 Å². The van der Waals surface area contributed by atoms with Gasteiger partial charge in [0, 0.05) is 24.8 Å². The van der Waals surface area contributed by atoms with E-state index in [0.29, 0.717) is 6.61 Å². The van der Waals surface area contributed by atoms with E-state index in [-0.39, 0.29) is 5.91 Å². The van der Waals surface area contributed by atoms with Gasteiger partial charge >= 0.3 is 0 Å². The van der Waals surface area contributed by atoms with Crippen molar-refractivity contribution in [1.29, 1.82) is 0 Å². The summed E-state index contributed by atoms with van der Waals surface area (Å²) in [6, 6.07) is 15.7. The number of hydrogen-bond acceptors (Lipinski definition) is 3. The highest BCUT2D eigenvalue weighted by Crippen LogP contribution is 2.17. The SMILES string of the molecule is CCOc1ccc(CNc2cccc(NC(C)=O)c2)cc1. The van der Waals surface area contributed by atoms with E-state index in [0.717, 1.165) is 23.7 Å². The van der Waals surface area contributed by atoms with Gasteiger partial charge in [-0.05, 0) is 42.8 Å². The van der Waals surface area contributed by atoms with Crippen LogP contribution in [0.3, 0.4) is 0 Å². The van der Waals surface area contributed by atoms with Gasteiger partial charge in [0.1, 0.15) is 5.75 Å². The Morgan fingerprint density at radius 3 is 2.48 bits per heavy atom. The Morgan fingerprint density at radius 1 is 1.10 bits per heavy atom. The molecule has 110 valence electrons. The minimum atomic E-state index is -0.0707. The van der Waals surface area contributed by atoms with E-state index < -0.39 is 0 Å². The van der Waals surface area contributed by atoms with Crippen molar-refractivity contribution in [3.8, 4) is 5.75 Å². The minimum absolute atomic E-state index is 0.0707. The van der Waals surface area contributed by atoms with E-state index in [2.05, 4.69) is 10.6 Å². The lowest BCUT2D eigenvalue weighted by Gasteiger charge is -2.09. The van der Waals surface area contributed by atoms with Crippen molar-refractivity contribution in [3.63, 3.8) is 0 Å². The zero-order valence-corrected chi connectivity index (χ0v) is 12.3. The molecule has 0 aliphatic carbocycles. The molecule has 2 N–H and O–H groups in total. The van der Waals surface area contributed by atoms with Crippen LogP contribution in [0, 0.1) is 0 Å². The first-order valence-corrected chi connectivity index (χ1v) is 7.00. The molecule has 0 radical (unpaired) electrons. The molecule has 2 rings (SSSR count). The molecule has 0 fully saturated rings. The van der Waals surface area contributed by atoms with Crippen LogP contribution in [0.15, 0.2) is 48.5 Å². The average molecular weight is 284 g/mol. The summed E-state index contributed by atoms with van der Waals surface area (Å²) in [7, 11) is 0. The number of hydrogen-bond donors (Lipinski definition) is 2. The summed E-state index contributed by atoms with van der Waals surface area (Å²) in [5.41, 5.74) is 2.93. The first kappa shape index (κ1) is 14.9. The second-order valence-corrected chi connectivity index (χ2v) is 4.69. The standard InChI is InChI=1S/C17H20N2O2/c1-3-21-17-9-7-14(8-10-17)12-18-15-5-4-6-16(11-15)19-13(2)20/h4-11,18H,3,12H2,1-2H3,(H,19,20). The second kappa shape index (κ2) is 7.33. The molecule has 21 heavy (non-hydrogen) atoms. The van der Waals surface area contributed by atoms with Crippen LogP contribution in [0.1, 0.15) is 19.4 Å². The van der Waals surface area contributed by atoms with Crippen LogP contribution in [-0.4, -0.2) is 12.5 Å². The van der Waals surface area contributed by atoms with E-state index in [4.69, 9.17) is 4.74 Å². The predicted octanol–water partition coefficient (Wildman–Crippen LogP) is 3.66. The summed E-state index contributed by atoms with van der Waals surface area (Å²) in [5.74, 6) is 0.813. The van der Waals surface area contributed by atoms with Crippen molar-refractivity contribution in [2.75, 3.05) is 17.2 Å². The molecule has 0 spiro atoms. The maximum absolute atomic E-state index is 11.0. The van der Waals surface area contributed by atoms with Gasteiger partial charge in [0.2, 0.25) is 5.91 Å². The van der Waals surface area contributed by atoms with E-state index in [1.807, 2.05) is 55.5 Å². The zero-order chi connectivity index (χ0) is 15.1. The highest BCUT2D eigenvalue weighted by atomic mass is 16.5. The third kappa shape index (κ3) is 4.84. The first-order valence-electron chi connectivity index (χ1n) is 7.00. The molecule has 0 aromatic heterocycles. The van der Waals surface area contributed by atoms with Crippen LogP contribution in [0.5, 0.6) is 5.75 Å². The molecule has 4 nitrogen and oxygen atoms in total. The molecule has 1 amide bonds. The largest absolute Gasteiger partial charge is 0.494 e. The van der Waals surface area contributed by atoms with E-state index in [9.17, 15) is 4.79 Å². The predicted molar refractivity (Wildman–Crippen MR) is 85.7 cm³/mol. The Hall–Kier alpha value is -2.49. The van der Waals surface area contributed by atoms with Crippen LogP contribution >= 0.6 is 0 Å². The molecule has 0 aliphatic heterocycles. The Morgan fingerprint density at radius 2 is 1.81 bits per heavy atom. The van der Waals surface area contributed by atoms with Crippen molar-refractivity contribution >= 4 is 17.3 Å². The molecule has 2 aromatic rings. The quantitative estimate of drug-likeness (QED) is 0.851. The molecule has 0 atom stereocenters. The summed E-state index contributed by atoms with van der Waals surface area (Å²) in [4.78, 5) is 11.0. The Bertz CT molecular complexity index is 594. The summed E-state index contributed by atoms with van der Waals surface area (Å²) in [6.07, 6.45) is 0. The van der Waals surface area contributed by atoms with E-state index >= 15 is 0 Å². The van der Waals surface area contributed by atoms with Crippen LogP contribution < -0.4 is 15.4 Å². The average Bonchev–Trinajstić information content (AvgIpc) is 2.47.